The summed E-state index contributed by atoms with van der Waals surface area (Å²) in [6.07, 6.45) is 0.884. The van der Waals surface area contributed by atoms with Gasteiger partial charge < -0.3 is 25.2 Å². The molecule has 7 nitrogen and oxygen atoms in total. The SMILES string of the molecule is COc1ccc(N2CCN(C=O)CC2)cc1NC(=O)NCc1ccccc1. The molecule has 0 atom stereocenters. The molecular formula is C20H24N4O3. The summed E-state index contributed by atoms with van der Waals surface area (Å²) in [5, 5.41) is 5.71. The van der Waals surface area contributed by atoms with Gasteiger partial charge in [-0.1, -0.05) is 30.3 Å². The number of anilines is 2. The third kappa shape index (κ3) is 4.91. The summed E-state index contributed by atoms with van der Waals surface area (Å²) in [5.74, 6) is 0.597. The van der Waals surface area contributed by atoms with Gasteiger partial charge in [0.05, 0.1) is 12.8 Å². The van der Waals surface area contributed by atoms with Crippen molar-refractivity contribution >= 4 is 23.8 Å². The molecule has 2 N–H and O–H groups in total. The van der Waals surface area contributed by atoms with Gasteiger partial charge in [0, 0.05) is 38.4 Å². The monoisotopic (exact) mass is 368 g/mol. The second kappa shape index (κ2) is 8.93. The van der Waals surface area contributed by atoms with Crippen LogP contribution in [0, 0.1) is 0 Å². The molecule has 2 aromatic carbocycles. The summed E-state index contributed by atoms with van der Waals surface area (Å²) in [6, 6.07) is 15.1. The van der Waals surface area contributed by atoms with Gasteiger partial charge in [0.15, 0.2) is 0 Å². The molecule has 0 spiro atoms. The Balaban J connectivity index is 1.64. The van der Waals surface area contributed by atoms with Crippen molar-refractivity contribution in [1.29, 1.82) is 0 Å². The van der Waals surface area contributed by atoms with Crippen molar-refractivity contribution in [2.45, 2.75) is 6.54 Å². The zero-order valence-electron chi connectivity index (χ0n) is 15.4. The number of urea groups is 1. The maximum atomic E-state index is 12.3. The van der Waals surface area contributed by atoms with Gasteiger partial charge in [-0.05, 0) is 23.8 Å². The molecule has 1 aliphatic rings. The van der Waals surface area contributed by atoms with E-state index in [0.29, 0.717) is 31.1 Å². The van der Waals surface area contributed by atoms with Crippen LogP contribution in [0.15, 0.2) is 48.5 Å². The number of nitrogens with one attached hydrogen (secondary N) is 2. The number of hydrogen-bond acceptors (Lipinski definition) is 4. The van der Waals surface area contributed by atoms with E-state index in [4.69, 9.17) is 4.74 Å². The lowest BCUT2D eigenvalue weighted by molar-refractivity contribution is -0.118. The number of piperazine rings is 1. The summed E-state index contributed by atoms with van der Waals surface area (Å²) < 4.78 is 5.37. The van der Waals surface area contributed by atoms with Gasteiger partial charge in [-0.25, -0.2) is 4.79 Å². The Morgan fingerprint density at radius 1 is 1.11 bits per heavy atom. The highest BCUT2D eigenvalue weighted by Crippen LogP contribution is 2.30. The second-order valence-electron chi connectivity index (χ2n) is 6.31. The van der Waals surface area contributed by atoms with Crippen LogP contribution in [-0.4, -0.2) is 50.6 Å². The summed E-state index contributed by atoms with van der Waals surface area (Å²) in [5.41, 5.74) is 2.62. The van der Waals surface area contributed by atoms with Gasteiger partial charge in [0.2, 0.25) is 6.41 Å². The highest BCUT2D eigenvalue weighted by molar-refractivity contribution is 5.91. The Morgan fingerprint density at radius 2 is 1.85 bits per heavy atom. The Labute approximate surface area is 158 Å². The zero-order chi connectivity index (χ0) is 19.1. The molecule has 0 aliphatic carbocycles. The molecule has 27 heavy (non-hydrogen) atoms. The molecule has 0 bridgehead atoms. The fourth-order valence-electron chi connectivity index (χ4n) is 3.02. The van der Waals surface area contributed by atoms with Crippen LogP contribution in [0.5, 0.6) is 5.75 Å². The van der Waals surface area contributed by atoms with Crippen LogP contribution >= 0.6 is 0 Å². The molecule has 7 heteroatoms. The summed E-state index contributed by atoms with van der Waals surface area (Å²) in [4.78, 5) is 27.1. The lowest BCUT2D eigenvalue weighted by Crippen LogP contribution is -2.45. The van der Waals surface area contributed by atoms with Crippen LogP contribution in [0.1, 0.15) is 5.56 Å². The molecule has 1 heterocycles. The van der Waals surface area contributed by atoms with Crippen molar-refractivity contribution < 1.29 is 14.3 Å². The molecule has 1 aliphatic heterocycles. The first-order valence-electron chi connectivity index (χ1n) is 8.90. The Kier molecular flexibility index (Phi) is 6.14. The molecule has 0 radical (unpaired) electrons. The van der Waals surface area contributed by atoms with Crippen LogP contribution in [0.4, 0.5) is 16.2 Å². The molecule has 2 aromatic rings. The topological polar surface area (TPSA) is 73.9 Å². The van der Waals surface area contributed by atoms with Gasteiger partial charge in [0.1, 0.15) is 5.75 Å². The lowest BCUT2D eigenvalue weighted by Gasteiger charge is -2.34. The van der Waals surface area contributed by atoms with Gasteiger partial charge in [-0.15, -0.1) is 0 Å². The number of carbonyl (C=O) groups excluding carboxylic acids is 2. The standard InChI is InChI=1S/C20H24N4O3/c1-27-19-8-7-17(24-11-9-23(15-25)10-12-24)13-18(19)22-20(26)21-14-16-5-3-2-4-6-16/h2-8,13,15H,9-12,14H2,1H3,(H2,21,22,26). The third-order valence-electron chi connectivity index (χ3n) is 4.56. The molecule has 3 amide bonds. The maximum Gasteiger partial charge on any atom is 0.319 e. The minimum absolute atomic E-state index is 0.292. The number of rotatable bonds is 6. The third-order valence-corrected chi connectivity index (χ3v) is 4.56. The fraction of sp³-hybridized carbons (Fsp3) is 0.300. The fourth-order valence-corrected chi connectivity index (χ4v) is 3.02. The van der Waals surface area contributed by atoms with Crippen LogP contribution < -0.4 is 20.3 Å². The number of ether oxygens (including phenoxy) is 1. The zero-order valence-corrected chi connectivity index (χ0v) is 15.4. The quantitative estimate of drug-likeness (QED) is 0.768. The van der Waals surface area contributed by atoms with Crippen molar-refractivity contribution in [2.24, 2.45) is 0 Å². The van der Waals surface area contributed by atoms with Crippen LogP contribution in [0.3, 0.4) is 0 Å². The number of benzene rings is 2. The lowest BCUT2D eigenvalue weighted by atomic mass is 10.2. The van der Waals surface area contributed by atoms with E-state index in [1.807, 2.05) is 48.5 Å². The van der Waals surface area contributed by atoms with E-state index in [2.05, 4.69) is 15.5 Å². The highest BCUT2D eigenvalue weighted by atomic mass is 16.5. The first-order valence-corrected chi connectivity index (χ1v) is 8.90. The number of hydrogen-bond donors (Lipinski definition) is 2. The molecular weight excluding hydrogens is 344 g/mol. The molecule has 1 fully saturated rings. The average molecular weight is 368 g/mol. The average Bonchev–Trinajstić information content (AvgIpc) is 2.73. The molecule has 0 unspecified atom stereocenters. The first kappa shape index (κ1) is 18.6. The minimum Gasteiger partial charge on any atom is -0.495 e. The number of methoxy groups -OCH3 is 1. The summed E-state index contributed by atoms with van der Waals surface area (Å²) in [6.45, 7) is 3.34. The van der Waals surface area contributed by atoms with Gasteiger partial charge in [-0.2, -0.15) is 0 Å². The molecule has 0 saturated carbocycles. The summed E-state index contributed by atoms with van der Waals surface area (Å²) in [7, 11) is 1.57. The molecule has 1 saturated heterocycles. The maximum absolute atomic E-state index is 12.3. The normalized spacial score (nSPS) is 13.8. The van der Waals surface area contributed by atoms with E-state index in [1.165, 1.54) is 0 Å². The van der Waals surface area contributed by atoms with Gasteiger partial charge in [0.25, 0.3) is 0 Å². The van der Waals surface area contributed by atoms with Crippen molar-refractivity contribution in [3.05, 3.63) is 54.1 Å². The predicted molar refractivity (Wildman–Crippen MR) is 105 cm³/mol. The van der Waals surface area contributed by atoms with E-state index in [9.17, 15) is 9.59 Å². The largest absolute Gasteiger partial charge is 0.495 e. The van der Waals surface area contributed by atoms with Crippen molar-refractivity contribution in [3.8, 4) is 5.75 Å². The Bertz CT molecular complexity index is 774. The Morgan fingerprint density at radius 3 is 2.52 bits per heavy atom. The highest BCUT2D eigenvalue weighted by Gasteiger charge is 2.17. The summed E-state index contributed by atoms with van der Waals surface area (Å²) >= 11 is 0. The number of carbonyl (C=O) groups is 2. The van der Waals surface area contributed by atoms with Crippen LogP contribution in [0.2, 0.25) is 0 Å². The van der Waals surface area contributed by atoms with E-state index in [0.717, 1.165) is 30.8 Å². The van der Waals surface area contributed by atoms with Crippen molar-refractivity contribution in [2.75, 3.05) is 43.5 Å². The smallest absolute Gasteiger partial charge is 0.319 e. The second-order valence-corrected chi connectivity index (χ2v) is 6.31. The molecule has 0 aromatic heterocycles. The first-order chi connectivity index (χ1) is 13.2. The molecule has 3 rings (SSSR count). The van der Waals surface area contributed by atoms with Crippen molar-refractivity contribution in [3.63, 3.8) is 0 Å². The van der Waals surface area contributed by atoms with Gasteiger partial charge in [-0.3, -0.25) is 4.79 Å². The van der Waals surface area contributed by atoms with Crippen molar-refractivity contribution in [1.82, 2.24) is 10.2 Å². The van der Waals surface area contributed by atoms with Crippen LogP contribution in [0.25, 0.3) is 0 Å². The predicted octanol–water partition coefficient (Wildman–Crippen LogP) is 2.30. The van der Waals surface area contributed by atoms with E-state index in [-0.39, 0.29) is 6.03 Å². The van der Waals surface area contributed by atoms with Gasteiger partial charge >= 0.3 is 6.03 Å². The number of nitrogens with zero attached hydrogens (tertiary/aromatic N) is 2. The minimum atomic E-state index is -0.292. The van der Waals surface area contributed by atoms with E-state index < -0.39 is 0 Å². The molecule has 142 valence electrons. The number of amides is 3. The van der Waals surface area contributed by atoms with E-state index >= 15 is 0 Å². The Hall–Kier alpha value is -3.22. The van der Waals surface area contributed by atoms with Crippen LogP contribution in [-0.2, 0) is 11.3 Å². The van der Waals surface area contributed by atoms with E-state index in [1.54, 1.807) is 12.0 Å².